The van der Waals surface area contributed by atoms with Gasteiger partial charge in [-0.25, -0.2) is 4.39 Å². The molecule has 0 fully saturated rings. The van der Waals surface area contributed by atoms with E-state index < -0.39 is 5.54 Å². The van der Waals surface area contributed by atoms with Crippen molar-refractivity contribution in [1.82, 2.24) is 5.32 Å². The predicted molar refractivity (Wildman–Crippen MR) is 68.6 cm³/mol. The van der Waals surface area contributed by atoms with Crippen molar-refractivity contribution in [2.45, 2.75) is 25.8 Å². The fraction of sp³-hybridized carbons (Fsp3) is 0.417. The molecule has 0 aromatic heterocycles. The molecule has 3 N–H and O–H groups in total. The Morgan fingerprint density at radius 2 is 2.00 bits per heavy atom. The summed E-state index contributed by atoms with van der Waals surface area (Å²) in [6.45, 7) is 3.99. The highest BCUT2D eigenvalue weighted by molar-refractivity contribution is 5.85. The fourth-order valence-corrected chi connectivity index (χ4v) is 1.29. The van der Waals surface area contributed by atoms with Crippen molar-refractivity contribution in [3.8, 4) is 0 Å². The monoisotopic (exact) mass is 260 g/mol. The molecule has 96 valence electrons. The van der Waals surface area contributed by atoms with Gasteiger partial charge in [0.05, 0.1) is 6.42 Å². The van der Waals surface area contributed by atoms with Gasteiger partial charge in [0.1, 0.15) is 5.82 Å². The van der Waals surface area contributed by atoms with E-state index >= 15 is 0 Å². The lowest BCUT2D eigenvalue weighted by molar-refractivity contribution is -0.121. The van der Waals surface area contributed by atoms with Gasteiger partial charge in [-0.2, -0.15) is 0 Å². The van der Waals surface area contributed by atoms with Gasteiger partial charge in [0.15, 0.2) is 0 Å². The second kappa shape index (κ2) is 6.57. The second-order valence-electron chi connectivity index (χ2n) is 4.40. The molecular weight excluding hydrogens is 243 g/mol. The van der Waals surface area contributed by atoms with E-state index in [0.29, 0.717) is 12.1 Å². The topological polar surface area (TPSA) is 55.1 Å². The van der Waals surface area contributed by atoms with Crippen molar-refractivity contribution in [3.63, 3.8) is 0 Å². The average Bonchev–Trinajstić information content (AvgIpc) is 2.21. The smallest absolute Gasteiger partial charge is 0.224 e. The number of carbonyl (C=O) groups excluding carboxylic acids is 1. The van der Waals surface area contributed by atoms with E-state index in [2.05, 4.69) is 5.32 Å². The minimum Gasteiger partial charge on any atom is -0.350 e. The Morgan fingerprint density at radius 3 is 2.53 bits per heavy atom. The highest BCUT2D eigenvalue weighted by Gasteiger charge is 2.18. The van der Waals surface area contributed by atoms with Crippen LogP contribution in [-0.2, 0) is 11.2 Å². The zero-order chi connectivity index (χ0) is 12.2. The Morgan fingerprint density at radius 1 is 1.41 bits per heavy atom. The number of hydrogen-bond donors (Lipinski definition) is 2. The molecule has 17 heavy (non-hydrogen) atoms. The van der Waals surface area contributed by atoms with Crippen molar-refractivity contribution in [3.05, 3.63) is 35.6 Å². The molecule has 0 aliphatic rings. The second-order valence-corrected chi connectivity index (χ2v) is 4.40. The maximum absolute atomic E-state index is 13.3. The molecule has 0 unspecified atom stereocenters. The van der Waals surface area contributed by atoms with Gasteiger partial charge in [0.25, 0.3) is 0 Å². The summed E-state index contributed by atoms with van der Waals surface area (Å²) in [5, 5.41) is 2.75. The lowest BCUT2D eigenvalue weighted by atomic mass is 10.0. The molecule has 0 spiro atoms. The molecule has 3 nitrogen and oxygen atoms in total. The van der Waals surface area contributed by atoms with Crippen LogP contribution in [0.25, 0.3) is 0 Å². The quantitative estimate of drug-likeness (QED) is 0.865. The Balaban J connectivity index is 0.00000256. The zero-order valence-electron chi connectivity index (χ0n) is 10.00. The first-order chi connectivity index (χ1) is 7.44. The van der Waals surface area contributed by atoms with Gasteiger partial charge in [-0.15, -0.1) is 12.4 Å². The summed E-state index contributed by atoms with van der Waals surface area (Å²) in [6, 6.07) is 6.25. The summed E-state index contributed by atoms with van der Waals surface area (Å²) in [5.41, 5.74) is 5.43. The van der Waals surface area contributed by atoms with Gasteiger partial charge in [-0.05, 0) is 25.5 Å². The summed E-state index contributed by atoms with van der Waals surface area (Å²) in [4.78, 5) is 11.6. The predicted octanol–water partition coefficient (Wildman–Crippen LogP) is 1.64. The zero-order valence-corrected chi connectivity index (χ0v) is 10.8. The fourth-order valence-electron chi connectivity index (χ4n) is 1.29. The van der Waals surface area contributed by atoms with Gasteiger partial charge in [0, 0.05) is 12.1 Å². The standard InChI is InChI=1S/C12H17FN2O.ClH/c1-12(2,8-14)15-11(16)7-9-5-3-4-6-10(9)13;/h3-6H,7-8,14H2,1-2H3,(H,15,16);1H. The van der Waals surface area contributed by atoms with Gasteiger partial charge in [0.2, 0.25) is 5.91 Å². The summed E-state index contributed by atoms with van der Waals surface area (Å²) >= 11 is 0. The Hall–Kier alpha value is -1.13. The number of carbonyl (C=O) groups is 1. The molecule has 0 aliphatic heterocycles. The number of amides is 1. The van der Waals surface area contributed by atoms with Crippen LogP contribution in [0.1, 0.15) is 19.4 Å². The summed E-state index contributed by atoms with van der Waals surface area (Å²) in [6.07, 6.45) is 0.0378. The van der Waals surface area contributed by atoms with Crippen LogP contribution in [0.15, 0.2) is 24.3 Å². The number of hydrogen-bond acceptors (Lipinski definition) is 2. The molecule has 0 saturated carbocycles. The van der Waals surface area contributed by atoms with Crippen LogP contribution in [0.5, 0.6) is 0 Å². The summed E-state index contributed by atoms with van der Waals surface area (Å²) < 4.78 is 13.3. The Kier molecular flexibility index (Phi) is 6.13. The maximum Gasteiger partial charge on any atom is 0.224 e. The Labute approximate surface area is 107 Å². The van der Waals surface area contributed by atoms with E-state index in [4.69, 9.17) is 5.73 Å². The minimum atomic E-state index is -0.456. The van der Waals surface area contributed by atoms with Crippen LogP contribution in [0.3, 0.4) is 0 Å². The number of benzene rings is 1. The van der Waals surface area contributed by atoms with Crippen molar-refractivity contribution in [2.75, 3.05) is 6.54 Å². The summed E-state index contributed by atoms with van der Waals surface area (Å²) in [5.74, 6) is -0.580. The number of nitrogens with one attached hydrogen (secondary N) is 1. The van der Waals surface area contributed by atoms with Crippen LogP contribution >= 0.6 is 12.4 Å². The average molecular weight is 261 g/mol. The van der Waals surface area contributed by atoms with E-state index in [-0.39, 0.29) is 30.6 Å². The molecule has 1 rings (SSSR count). The normalized spacial score (nSPS) is 10.6. The number of halogens is 2. The van der Waals surface area contributed by atoms with Gasteiger partial charge in [-0.1, -0.05) is 18.2 Å². The van der Waals surface area contributed by atoms with Gasteiger partial charge < -0.3 is 11.1 Å². The highest BCUT2D eigenvalue weighted by Crippen LogP contribution is 2.08. The molecule has 0 radical (unpaired) electrons. The van der Waals surface area contributed by atoms with E-state index in [1.807, 2.05) is 13.8 Å². The van der Waals surface area contributed by atoms with Gasteiger partial charge >= 0.3 is 0 Å². The third-order valence-corrected chi connectivity index (χ3v) is 2.30. The SMILES string of the molecule is CC(C)(CN)NC(=O)Cc1ccccc1F.Cl. The molecule has 0 aliphatic carbocycles. The molecular formula is C12H18ClFN2O. The third kappa shape index (κ3) is 5.15. The van der Waals surface area contributed by atoms with Crippen molar-refractivity contribution < 1.29 is 9.18 Å². The molecule has 1 amide bonds. The van der Waals surface area contributed by atoms with E-state index in [0.717, 1.165) is 0 Å². The first kappa shape index (κ1) is 15.9. The molecule has 1 aromatic carbocycles. The summed E-state index contributed by atoms with van der Waals surface area (Å²) in [7, 11) is 0. The molecule has 0 saturated heterocycles. The van der Waals surface area contributed by atoms with Crippen LogP contribution in [0.4, 0.5) is 4.39 Å². The minimum absolute atomic E-state index is 0. The van der Waals surface area contributed by atoms with Crippen LogP contribution in [-0.4, -0.2) is 18.0 Å². The molecule has 1 aromatic rings. The van der Waals surface area contributed by atoms with Gasteiger partial charge in [-0.3, -0.25) is 4.79 Å². The maximum atomic E-state index is 13.3. The van der Waals surface area contributed by atoms with Crippen molar-refractivity contribution in [2.24, 2.45) is 5.73 Å². The largest absolute Gasteiger partial charge is 0.350 e. The number of nitrogens with two attached hydrogens (primary N) is 1. The van der Waals surface area contributed by atoms with Crippen LogP contribution in [0, 0.1) is 5.82 Å². The lowest BCUT2D eigenvalue weighted by Gasteiger charge is -2.24. The van der Waals surface area contributed by atoms with Crippen LogP contribution < -0.4 is 11.1 Å². The van der Waals surface area contributed by atoms with Crippen LogP contribution in [0.2, 0.25) is 0 Å². The van der Waals surface area contributed by atoms with Crippen molar-refractivity contribution >= 4 is 18.3 Å². The molecule has 0 bridgehead atoms. The van der Waals surface area contributed by atoms with E-state index in [1.54, 1.807) is 18.2 Å². The van der Waals surface area contributed by atoms with E-state index in [9.17, 15) is 9.18 Å². The lowest BCUT2D eigenvalue weighted by Crippen LogP contribution is -2.49. The molecule has 0 atom stereocenters. The van der Waals surface area contributed by atoms with Crippen molar-refractivity contribution in [1.29, 1.82) is 0 Å². The number of rotatable bonds is 4. The first-order valence-electron chi connectivity index (χ1n) is 5.19. The Bertz CT molecular complexity index is 383. The first-order valence-corrected chi connectivity index (χ1v) is 5.19. The third-order valence-electron chi connectivity index (χ3n) is 2.30. The highest BCUT2D eigenvalue weighted by atomic mass is 35.5. The molecule has 0 heterocycles. The molecule has 5 heteroatoms. The van der Waals surface area contributed by atoms with E-state index in [1.165, 1.54) is 6.07 Å².